The Morgan fingerprint density at radius 2 is 2.00 bits per heavy atom. The minimum atomic E-state index is 0.132. The number of oxime groups is 1. The average Bonchev–Trinajstić information content (AvgIpc) is 2.46. The number of aryl methyl sites for hydroxylation is 2. The molecule has 0 unspecified atom stereocenters. The zero-order chi connectivity index (χ0) is 14.7. The summed E-state index contributed by atoms with van der Waals surface area (Å²) in [5.41, 5.74) is 9.36. The lowest BCUT2D eigenvalue weighted by atomic mass is 9.93. The van der Waals surface area contributed by atoms with Crippen molar-refractivity contribution in [2.45, 2.75) is 52.0 Å². The molecule has 5 nitrogen and oxygen atoms in total. The molecule has 0 aromatic carbocycles. The molecule has 0 amide bonds. The Bertz CT molecular complexity index is 507. The van der Waals surface area contributed by atoms with Crippen LogP contribution >= 0.6 is 0 Å². The summed E-state index contributed by atoms with van der Waals surface area (Å²) in [5, 5.41) is 12.2. The summed E-state index contributed by atoms with van der Waals surface area (Å²) in [5.74, 6) is 0.132. The van der Waals surface area contributed by atoms with Crippen LogP contribution in [0.5, 0.6) is 0 Å². The lowest BCUT2D eigenvalue weighted by molar-refractivity contribution is 0.318. The van der Waals surface area contributed by atoms with Crippen LogP contribution in [0.25, 0.3) is 0 Å². The van der Waals surface area contributed by atoms with Crippen LogP contribution in [0.4, 0.5) is 5.69 Å². The third-order valence-corrected chi connectivity index (χ3v) is 4.17. The first-order valence-corrected chi connectivity index (χ1v) is 7.23. The molecule has 1 aromatic heterocycles. The van der Waals surface area contributed by atoms with Crippen LogP contribution in [0.2, 0.25) is 0 Å². The summed E-state index contributed by atoms with van der Waals surface area (Å²) in [4.78, 5) is 6.70. The van der Waals surface area contributed by atoms with E-state index in [9.17, 15) is 0 Å². The fourth-order valence-electron chi connectivity index (χ4n) is 3.12. The highest BCUT2D eigenvalue weighted by molar-refractivity contribution is 6.03. The number of aromatic nitrogens is 1. The highest BCUT2D eigenvalue weighted by Gasteiger charge is 2.23. The molecule has 0 spiro atoms. The van der Waals surface area contributed by atoms with Gasteiger partial charge in [-0.2, -0.15) is 0 Å². The van der Waals surface area contributed by atoms with Gasteiger partial charge in [-0.15, -0.1) is 0 Å². The Morgan fingerprint density at radius 3 is 2.60 bits per heavy atom. The number of hydrogen-bond donors (Lipinski definition) is 2. The molecule has 1 aliphatic rings. The first kappa shape index (κ1) is 14.6. The third kappa shape index (κ3) is 2.86. The summed E-state index contributed by atoms with van der Waals surface area (Å²) in [6.07, 6.45) is 6.28. The third-order valence-electron chi connectivity index (χ3n) is 4.17. The Hall–Kier alpha value is -1.78. The van der Waals surface area contributed by atoms with E-state index in [1.807, 2.05) is 19.9 Å². The lowest BCUT2D eigenvalue weighted by Crippen LogP contribution is -2.35. The average molecular weight is 276 g/mol. The van der Waals surface area contributed by atoms with Crippen molar-refractivity contribution in [2.75, 3.05) is 11.9 Å². The van der Waals surface area contributed by atoms with Crippen LogP contribution in [-0.4, -0.2) is 29.1 Å². The van der Waals surface area contributed by atoms with Gasteiger partial charge in [0, 0.05) is 18.8 Å². The van der Waals surface area contributed by atoms with Crippen molar-refractivity contribution in [2.24, 2.45) is 10.9 Å². The minimum absolute atomic E-state index is 0.132. The molecule has 0 atom stereocenters. The monoisotopic (exact) mass is 276 g/mol. The fraction of sp³-hybridized carbons (Fsp3) is 0.600. The molecule has 0 bridgehead atoms. The molecule has 1 aliphatic carbocycles. The summed E-state index contributed by atoms with van der Waals surface area (Å²) in [6, 6.07) is 2.55. The molecule has 5 heteroatoms. The Morgan fingerprint density at radius 1 is 1.35 bits per heavy atom. The molecule has 1 aromatic rings. The van der Waals surface area contributed by atoms with Crippen LogP contribution in [0.1, 0.15) is 49.1 Å². The number of anilines is 1. The second kappa shape index (κ2) is 6.11. The Kier molecular flexibility index (Phi) is 4.47. The van der Waals surface area contributed by atoms with Crippen molar-refractivity contribution >= 4 is 11.5 Å². The van der Waals surface area contributed by atoms with Gasteiger partial charge >= 0.3 is 0 Å². The molecule has 3 N–H and O–H groups in total. The second-order valence-electron chi connectivity index (χ2n) is 5.63. The van der Waals surface area contributed by atoms with Crippen molar-refractivity contribution in [3.05, 3.63) is 23.0 Å². The summed E-state index contributed by atoms with van der Waals surface area (Å²) in [6.45, 7) is 3.87. The van der Waals surface area contributed by atoms with Crippen molar-refractivity contribution in [3.63, 3.8) is 0 Å². The van der Waals surface area contributed by atoms with E-state index in [2.05, 4.69) is 22.1 Å². The SMILES string of the molecule is Cc1cc(N(C)C2CCCCC2)c(/C(N)=N/O)c(C)n1. The highest BCUT2D eigenvalue weighted by atomic mass is 16.4. The number of amidine groups is 1. The molecule has 2 rings (SSSR count). The summed E-state index contributed by atoms with van der Waals surface area (Å²) in [7, 11) is 2.10. The molecule has 1 heterocycles. The van der Waals surface area contributed by atoms with Crippen molar-refractivity contribution in [3.8, 4) is 0 Å². The van der Waals surface area contributed by atoms with E-state index in [1.54, 1.807) is 0 Å². The lowest BCUT2D eigenvalue weighted by Gasteiger charge is -2.34. The van der Waals surface area contributed by atoms with E-state index >= 15 is 0 Å². The first-order chi connectivity index (χ1) is 9.54. The molecule has 0 saturated heterocycles. The van der Waals surface area contributed by atoms with Crippen molar-refractivity contribution in [1.82, 2.24) is 4.98 Å². The molecular formula is C15H24N4O. The van der Waals surface area contributed by atoms with Gasteiger partial charge in [0.05, 0.1) is 16.9 Å². The second-order valence-corrected chi connectivity index (χ2v) is 5.63. The molecule has 0 radical (unpaired) electrons. The first-order valence-electron chi connectivity index (χ1n) is 7.23. The minimum Gasteiger partial charge on any atom is -0.409 e. The van der Waals surface area contributed by atoms with E-state index in [0.29, 0.717) is 6.04 Å². The quantitative estimate of drug-likeness (QED) is 0.385. The van der Waals surface area contributed by atoms with Gasteiger partial charge < -0.3 is 15.8 Å². The predicted molar refractivity (Wildman–Crippen MR) is 81.5 cm³/mol. The maximum Gasteiger partial charge on any atom is 0.174 e. The van der Waals surface area contributed by atoms with E-state index in [1.165, 1.54) is 32.1 Å². The number of nitrogens with two attached hydrogens (primary N) is 1. The van der Waals surface area contributed by atoms with Crippen LogP contribution < -0.4 is 10.6 Å². The van der Waals surface area contributed by atoms with Crippen LogP contribution in [-0.2, 0) is 0 Å². The van der Waals surface area contributed by atoms with Crippen LogP contribution in [0.3, 0.4) is 0 Å². The number of hydrogen-bond acceptors (Lipinski definition) is 4. The van der Waals surface area contributed by atoms with E-state index in [0.717, 1.165) is 22.6 Å². The van der Waals surface area contributed by atoms with E-state index in [-0.39, 0.29) is 5.84 Å². The maximum atomic E-state index is 9.02. The number of nitrogens with zero attached hydrogens (tertiary/aromatic N) is 3. The zero-order valence-corrected chi connectivity index (χ0v) is 12.6. The highest BCUT2D eigenvalue weighted by Crippen LogP contribution is 2.30. The van der Waals surface area contributed by atoms with Crippen molar-refractivity contribution in [1.29, 1.82) is 0 Å². The van der Waals surface area contributed by atoms with Crippen LogP contribution in [0, 0.1) is 13.8 Å². The van der Waals surface area contributed by atoms with Crippen LogP contribution in [0.15, 0.2) is 11.2 Å². The Labute approximate surface area is 120 Å². The number of pyridine rings is 1. The smallest absolute Gasteiger partial charge is 0.174 e. The number of rotatable bonds is 3. The standard InChI is InChI=1S/C15H24N4O/c1-10-9-13(14(11(2)17-10)15(16)18-20)19(3)12-7-5-4-6-8-12/h9,12,20H,4-8H2,1-3H3,(H2,16,18). The summed E-state index contributed by atoms with van der Waals surface area (Å²) < 4.78 is 0. The molecule has 1 fully saturated rings. The van der Waals surface area contributed by atoms with Gasteiger partial charge in [0.25, 0.3) is 0 Å². The molecular weight excluding hydrogens is 252 g/mol. The predicted octanol–water partition coefficient (Wildman–Crippen LogP) is 2.56. The van der Waals surface area contributed by atoms with Gasteiger partial charge in [0.2, 0.25) is 0 Å². The topological polar surface area (TPSA) is 74.7 Å². The van der Waals surface area contributed by atoms with Gasteiger partial charge in [-0.05, 0) is 32.8 Å². The largest absolute Gasteiger partial charge is 0.409 e. The van der Waals surface area contributed by atoms with Gasteiger partial charge in [-0.25, -0.2) is 0 Å². The molecule has 20 heavy (non-hydrogen) atoms. The van der Waals surface area contributed by atoms with Gasteiger partial charge in [-0.3, -0.25) is 4.98 Å². The van der Waals surface area contributed by atoms with E-state index < -0.39 is 0 Å². The maximum absolute atomic E-state index is 9.02. The van der Waals surface area contributed by atoms with Gasteiger partial charge in [-0.1, -0.05) is 24.4 Å². The van der Waals surface area contributed by atoms with Gasteiger partial charge in [0.15, 0.2) is 5.84 Å². The molecule has 0 aliphatic heterocycles. The normalized spacial score (nSPS) is 17.2. The van der Waals surface area contributed by atoms with E-state index in [4.69, 9.17) is 10.9 Å². The van der Waals surface area contributed by atoms with Gasteiger partial charge in [0.1, 0.15) is 0 Å². The van der Waals surface area contributed by atoms with Crippen molar-refractivity contribution < 1.29 is 5.21 Å². The zero-order valence-electron chi connectivity index (χ0n) is 12.6. The molecule has 1 saturated carbocycles. The molecule has 110 valence electrons. The Balaban J connectivity index is 2.43. The fourth-order valence-corrected chi connectivity index (χ4v) is 3.12. The summed E-state index contributed by atoms with van der Waals surface area (Å²) >= 11 is 0.